The van der Waals surface area contributed by atoms with Crippen LogP contribution in [0.25, 0.3) is 0 Å². The lowest BCUT2D eigenvalue weighted by molar-refractivity contribution is 0.168. The van der Waals surface area contributed by atoms with Crippen molar-refractivity contribution in [2.75, 3.05) is 13.6 Å². The summed E-state index contributed by atoms with van der Waals surface area (Å²) < 4.78 is 0. The highest BCUT2D eigenvalue weighted by atomic mass is 35.5. The Morgan fingerprint density at radius 2 is 2.22 bits per heavy atom. The molecule has 2 unspecified atom stereocenters. The minimum atomic E-state index is 0.645. The minimum Gasteiger partial charge on any atom is -0.310 e. The molecule has 1 fully saturated rings. The van der Waals surface area contributed by atoms with E-state index in [0.29, 0.717) is 12.1 Å². The van der Waals surface area contributed by atoms with Crippen molar-refractivity contribution in [3.8, 4) is 0 Å². The lowest BCUT2D eigenvalue weighted by atomic mass is 9.98. The molecule has 1 aliphatic heterocycles. The Morgan fingerprint density at radius 3 is 2.89 bits per heavy atom. The molecule has 0 radical (unpaired) electrons. The summed E-state index contributed by atoms with van der Waals surface area (Å²) in [6.45, 7) is 6.57. The standard InChI is InChI=1S/C15H23ClN2/c1-11-8-14(16)5-4-13(11)10-17-15-6-7-18(3)12(2)9-15/h4-5,8,12,15,17H,6-7,9-10H2,1-3H3. The van der Waals surface area contributed by atoms with E-state index in [2.05, 4.69) is 37.2 Å². The summed E-state index contributed by atoms with van der Waals surface area (Å²) in [6, 6.07) is 7.47. The molecule has 2 atom stereocenters. The maximum absolute atomic E-state index is 5.98. The van der Waals surface area contributed by atoms with Crippen LogP contribution in [0, 0.1) is 6.92 Å². The average Bonchev–Trinajstić information content (AvgIpc) is 2.32. The van der Waals surface area contributed by atoms with Crippen LogP contribution in [-0.4, -0.2) is 30.6 Å². The van der Waals surface area contributed by atoms with E-state index in [1.165, 1.54) is 30.5 Å². The molecule has 0 spiro atoms. The molecule has 0 saturated carbocycles. The van der Waals surface area contributed by atoms with Crippen molar-refractivity contribution in [1.82, 2.24) is 10.2 Å². The van der Waals surface area contributed by atoms with Gasteiger partial charge in [-0.1, -0.05) is 17.7 Å². The molecule has 0 amide bonds. The Morgan fingerprint density at radius 1 is 1.44 bits per heavy atom. The van der Waals surface area contributed by atoms with E-state index in [9.17, 15) is 0 Å². The van der Waals surface area contributed by atoms with Crippen molar-refractivity contribution in [1.29, 1.82) is 0 Å². The second kappa shape index (κ2) is 6.05. The molecule has 3 heteroatoms. The fourth-order valence-electron chi connectivity index (χ4n) is 2.59. The van der Waals surface area contributed by atoms with Gasteiger partial charge in [0.25, 0.3) is 0 Å². The molecule has 0 bridgehead atoms. The predicted octanol–water partition coefficient (Wildman–Crippen LogP) is 3.22. The Kier molecular flexibility index (Phi) is 4.66. The van der Waals surface area contributed by atoms with Gasteiger partial charge in [0, 0.05) is 23.7 Å². The first-order chi connectivity index (χ1) is 8.56. The van der Waals surface area contributed by atoms with Crippen LogP contribution in [0.5, 0.6) is 0 Å². The van der Waals surface area contributed by atoms with E-state index in [4.69, 9.17) is 11.6 Å². The molecule has 1 saturated heterocycles. The highest BCUT2D eigenvalue weighted by molar-refractivity contribution is 6.30. The largest absolute Gasteiger partial charge is 0.310 e. The van der Waals surface area contributed by atoms with E-state index in [1.807, 2.05) is 12.1 Å². The van der Waals surface area contributed by atoms with Gasteiger partial charge in [-0.15, -0.1) is 0 Å². The Labute approximate surface area is 115 Å². The zero-order valence-corrected chi connectivity index (χ0v) is 12.3. The lowest BCUT2D eigenvalue weighted by Gasteiger charge is -2.35. The summed E-state index contributed by atoms with van der Waals surface area (Å²) in [5.41, 5.74) is 2.63. The van der Waals surface area contributed by atoms with Gasteiger partial charge >= 0.3 is 0 Å². The van der Waals surface area contributed by atoms with Gasteiger partial charge in [0.2, 0.25) is 0 Å². The van der Waals surface area contributed by atoms with Crippen LogP contribution in [0.1, 0.15) is 30.9 Å². The highest BCUT2D eigenvalue weighted by Crippen LogP contribution is 2.18. The topological polar surface area (TPSA) is 15.3 Å². The molecule has 1 heterocycles. The van der Waals surface area contributed by atoms with Crippen LogP contribution in [0.3, 0.4) is 0 Å². The molecule has 1 aromatic rings. The van der Waals surface area contributed by atoms with Crippen molar-refractivity contribution >= 4 is 11.6 Å². The molecular formula is C15H23ClN2. The Balaban J connectivity index is 1.88. The fourth-order valence-corrected chi connectivity index (χ4v) is 2.81. The molecule has 1 aliphatic rings. The van der Waals surface area contributed by atoms with Crippen LogP contribution in [0.15, 0.2) is 18.2 Å². The second-order valence-electron chi connectivity index (χ2n) is 5.50. The fraction of sp³-hybridized carbons (Fsp3) is 0.600. The van der Waals surface area contributed by atoms with Gasteiger partial charge in [-0.25, -0.2) is 0 Å². The zero-order valence-electron chi connectivity index (χ0n) is 11.5. The Hall–Kier alpha value is -0.570. The van der Waals surface area contributed by atoms with E-state index in [1.54, 1.807) is 0 Å². The molecule has 0 aliphatic carbocycles. The van der Waals surface area contributed by atoms with Crippen LogP contribution in [0.2, 0.25) is 5.02 Å². The van der Waals surface area contributed by atoms with Gasteiger partial charge in [-0.05, 0) is 63.5 Å². The molecular weight excluding hydrogens is 244 g/mol. The summed E-state index contributed by atoms with van der Waals surface area (Å²) in [4.78, 5) is 2.44. The van der Waals surface area contributed by atoms with Gasteiger partial charge in [0.05, 0.1) is 0 Å². The highest BCUT2D eigenvalue weighted by Gasteiger charge is 2.22. The van der Waals surface area contributed by atoms with Crippen molar-refractivity contribution < 1.29 is 0 Å². The smallest absolute Gasteiger partial charge is 0.0408 e. The van der Waals surface area contributed by atoms with Gasteiger partial charge < -0.3 is 10.2 Å². The number of nitrogens with zero attached hydrogens (tertiary/aromatic N) is 1. The number of likely N-dealkylation sites (tertiary alicyclic amines) is 1. The van der Waals surface area contributed by atoms with Crippen LogP contribution in [0.4, 0.5) is 0 Å². The number of hydrogen-bond acceptors (Lipinski definition) is 2. The van der Waals surface area contributed by atoms with Crippen LogP contribution < -0.4 is 5.32 Å². The summed E-state index contributed by atoms with van der Waals surface area (Å²) >= 11 is 5.98. The van der Waals surface area contributed by atoms with E-state index < -0.39 is 0 Å². The van der Waals surface area contributed by atoms with E-state index in [0.717, 1.165) is 11.6 Å². The van der Waals surface area contributed by atoms with E-state index >= 15 is 0 Å². The first kappa shape index (κ1) is 13.9. The second-order valence-corrected chi connectivity index (χ2v) is 5.94. The first-order valence-corrected chi connectivity index (χ1v) is 7.12. The maximum atomic E-state index is 5.98. The summed E-state index contributed by atoms with van der Waals surface area (Å²) in [5.74, 6) is 0. The molecule has 2 nitrogen and oxygen atoms in total. The maximum Gasteiger partial charge on any atom is 0.0408 e. The molecule has 0 aromatic heterocycles. The molecule has 1 N–H and O–H groups in total. The summed E-state index contributed by atoms with van der Waals surface area (Å²) in [7, 11) is 2.21. The van der Waals surface area contributed by atoms with Gasteiger partial charge in [-0.3, -0.25) is 0 Å². The Bertz CT molecular complexity index is 405. The number of aryl methyl sites for hydroxylation is 1. The number of hydrogen-bond donors (Lipinski definition) is 1. The normalized spacial score (nSPS) is 25.3. The van der Waals surface area contributed by atoms with Gasteiger partial charge in [0.15, 0.2) is 0 Å². The number of halogens is 1. The first-order valence-electron chi connectivity index (χ1n) is 6.75. The SMILES string of the molecule is Cc1cc(Cl)ccc1CNC1CCN(C)C(C)C1. The minimum absolute atomic E-state index is 0.645. The van der Waals surface area contributed by atoms with Crippen molar-refractivity contribution in [3.63, 3.8) is 0 Å². The summed E-state index contributed by atoms with van der Waals surface area (Å²) in [6.07, 6.45) is 2.48. The quantitative estimate of drug-likeness (QED) is 0.904. The van der Waals surface area contributed by atoms with Crippen LogP contribution in [-0.2, 0) is 6.54 Å². The van der Waals surface area contributed by atoms with Crippen molar-refractivity contribution in [3.05, 3.63) is 34.3 Å². The molecule has 18 heavy (non-hydrogen) atoms. The van der Waals surface area contributed by atoms with E-state index in [-0.39, 0.29) is 0 Å². The van der Waals surface area contributed by atoms with Crippen LogP contribution >= 0.6 is 11.6 Å². The van der Waals surface area contributed by atoms with Crippen molar-refractivity contribution in [2.24, 2.45) is 0 Å². The number of piperidine rings is 1. The zero-order chi connectivity index (χ0) is 13.1. The third kappa shape index (κ3) is 3.47. The number of rotatable bonds is 3. The third-order valence-corrected chi connectivity index (χ3v) is 4.33. The molecule has 100 valence electrons. The predicted molar refractivity (Wildman–Crippen MR) is 78.1 cm³/mol. The summed E-state index contributed by atoms with van der Waals surface area (Å²) in [5, 5.41) is 4.50. The lowest BCUT2D eigenvalue weighted by Crippen LogP contribution is -2.45. The third-order valence-electron chi connectivity index (χ3n) is 4.09. The monoisotopic (exact) mass is 266 g/mol. The number of nitrogens with one attached hydrogen (secondary N) is 1. The van der Waals surface area contributed by atoms with Gasteiger partial charge in [0.1, 0.15) is 0 Å². The number of benzene rings is 1. The average molecular weight is 267 g/mol. The molecule has 2 rings (SSSR count). The van der Waals surface area contributed by atoms with Crippen molar-refractivity contribution in [2.45, 2.75) is 45.3 Å². The molecule has 1 aromatic carbocycles. The van der Waals surface area contributed by atoms with Gasteiger partial charge in [-0.2, -0.15) is 0 Å².